The lowest BCUT2D eigenvalue weighted by molar-refractivity contribution is 0.0952. The van der Waals surface area contributed by atoms with E-state index in [4.69, 9.17) is 16.3 Å². The number of methoxy groups -OCH3 is 1. The fourth-order valence-electron chi connectivity index (χ4n) is 1.86. The molecule has 0 aliphatic rings. The van der Waals surface area contributed by atoms with E-state index in [1.54, 1.807) is 7.11 Å². The van der Waals surface area contributed by atoms with Crippen LogP contribution in [-0.2, 0) is 4.74 Å². The summed E-state index contributed by atoms with van der Waals surface area (Å²) in [7, 11) is 1.64. The van der Waals surface area contributed by atoms with Crippen LogP contribution >= 0.6 is 22.9 Å². The Morgan fingerprint density at radius 2 is 2.19 bits per heavy atom. The van der Waals surface area contributed by atoms with Gasteiger partial charge in [-0.1, -0.05) is 29.8 Å². The molecule has 0 aliphatic carbocycles. The van der Waals surface area contributed by atoms with Crippen molar-refractivity contribution in [3.05, 3.63) is 39.9 Å². The van der Waals surface area contributed by atoms with Crippen molar-refractivity contribution in [2.24, 2.45) is 0 Å². The van der Waals surface area contributed by atoms with E-state index >= 15 is 0 Å². The number of ether oxygens (including phenoxy) is 1. The van der Waals surface area contributed by atoms with Gasteiger partial charge in [-0.15, -0.1) is 11.3 Å². The molecule has 1 amide bonds. The molecule has 0 atom stereocenters. The third-order valence-corrected chi connectivity index (χ3v) is 4.44. The van der Waals surface area contributed by atoms with Crippen molar-refractivity contribution >= 4 is 28.8 Å². The highest BCUT2D eigenvalue weighted by Gasteiger charge is 2.16. The number of nitrogens with zero attached hydrogens (tertiary/aromatic N) is 1. The van der Waals surface area contributed by atoms with Crippen LogP contribution in [0.2, 0.25) is 5.02 Å². The van der Waals surface area contributed by atoms with Gasteiger partial charge >= 0.3 is 0 Å². The molecule has 1 N–H and O–H groups in total. The zero-order valence-electron chi connectivity index (χ0n) is 12.0. The normalized spacial score (nSPS) is 10.6. The summed E-state index contributed by atoms with van der Waals surface area (Å²) in [5.41, 5.74) is 1.57. The van der Waals surface area contributed by atoms with Gasteiger partial charge in [-0.25, -0.2) is 4.98 Å². The second kappa shape index (κ2) is 7.54. The zero-order valence-corrected chi connectivity index (χ0v) is 13.6. The van der Waals surface area contributed by atoms with E-state index < -0.39 is 0 Å². The Labute approximate surface area is 133 Å². The molecule has 0 saturated carbocycles. The largest absolute Gasteiger partial charge is 0.385 e. The monoisotopic (exact) mass is 324 g/mol. The first kappa shape index (κ1) is 15.9. The van der Waals surface area contributed by atoms with E-state index in [-0.39, 0.29) is 5.91 Å². The summed E-state index contributed by atoms with van der Waals surface area (Å²) in [6.45, 7) is 3.05. The number of aryl methyl sites for hydroxylation is 1. The number of benzene rings is 1. The fraction of sp³-hybridized carbons (Fsp3) is 0.333. The number of amides is 1. The van der Waals surface area contributed by atoms with Crippen molar-refractivity contribution in [2.45, 2.75) is 13.3 Å². The molecule has 1 heterocycles. The molecule has 2 rings (SSSR count). The number of thiazole rings is 1. The Morgan fingerprint density at radius 1 is 1.43 bits per heavy atom. The second-order valence-electron chi connectivity index (χ2n) is 4.52. The minimum Gasteiger partial charge on any atom is -0.385 e. The van der Waals surface area contributed by atoms with Crippen molar-refractivity contribution in [2.75, 3.05) is 20.3 Å². The maximum atomic E-state index is 12.1. The van der Waals surface area contributed by atoms with Crippen molar-refractivity contribution < 1.29 is 9.53 Å². The second-order valence-corrected chi connectivity index (χ2v) is 5.92. The minimum absolute atomic E-state index is 0.0978. The molecular weight excluding hydrogens is 308 g/mol. The summed E-state index contributed by atoms with van der Waals surface area (Å²) < 4.78 is 4.95. The molecule has 1 aromatic carbocycles. The molecule has 4 nitrogen and oxygen atoms in total. The maximum absolute atomic E-state index is 12.1. The average molecular weight is 325 g/mol. The Bertz CT molecular complexity index is 628. The number of rotatable bonds is 6. The van der Waals surface area contributed by atoms with Crippen LogP contribution in [0.3, 0.4) is 0 Å². The number of nitrogens with one attached hydrogen (secondary N) is 1. The van der Waals surface area contributed by atoms with Gasteiger partial charge in [0.05, 0.1) is 10.7 Å². The molecule has 6 heteroatoms. The summed E-state index contributed by atoms with van der Waals surface area (Å²) in [6, 6.07) is 7.50. The molecule has 0 unspecified atom stereocenters. The maximum Gasteiger partial charge on any atom is 0.263 e. The fourth-order valence-corrected chi connectivity index (χ4v) is 3.16. The van der Waals surface area contributed by atoms with E-state index in [1.165, 1.54) is 11.3 Å². The highest BCUT2D eigenvalue weighted by Crippen LogP contribution is 2.32. The van der Waals surface area contributed by atoms with Gasteiger partial charge in [-0.3, -0.25) is 4.79 Å². The van der Waals surface area contributed by atoms with Crippen LogP contribution in [-0.4, -0.2) is 31.2 Å². The van der Waals surface area contributed by atoms with Gasteiger partial charge in [0, 0.05) is 25.8 Å². The van der Waals surface area contributed by atoms with Crippen molar-refractivity contribution in [3.8, 4) is 10.6 Å². The Morgan fingerprint density at radius 3 is 2.90 bits per heavy atom. The first-order valence-electron chi connectivity index (χ1n) is 6.63. The summed E-state index contributed by atoms with van der Waals surface area (Å²) in [5.74, 6) is -0.0978. The summed E-state index contributed by atoms with van der Waals surface area (Å²) in [5, 5.41) is 4.27. The molecule has 112 valence electrons. The van der Waals surface area contributed by atoms with Crippen LogP contribution in [0.15, 0.2) is 24.3 Å². The molecule has 0 radical (unpaired) electrons. The first-order chi connectivity index (χ1) is 10.1. The van der Waals surface area contributed by atoms with Crippen LogP contribution in [0, 0.1) is 6.92 Å². The zero-order chi connectivity index (χ0) is 15.2. The van der Waals surface area contributed by atoms with Gasteiger partial charge in [0.25, 0.3) is 5.91 Å². The average Bonchev–Trinajstić information content (AvgIpc) is 2.86. The first-order valence-corrected chi connectivity index (χ1v) is 7.82. The number of aromatic nitrogens is 1. The van der Waals surface area contributed by atoms with Crippen molar-refractivity contribution in [3.63, 3.8) is 0 Å². The summed E-state index contributed by atoms with van der Waals surface area (Å²) in [4.78, 5) is 17.2. The quantitative estimate of drug-likeness (QED) is 0.827. The van der Waals surface area contributed by atoms with Crippen LogP contribution in [0.5, 0.6) is 0 Å². The van der Waals surface area contributed by atoms with Gasteiger partial charge in [0.1, 0.15) is 9.88 Å². The lowest BCUT2D eigenvalue weighted by atomic mass is 10.2. The van der Waals surface area contributed by atoms with Crippen molar-refractivity contribution in [1.29, 1.82) is 0 Å². The van der Waals surface area contributed by atoms with E-state index in [0.29, 0.717) is 23.1 Å². The molecule has 0 saturated heterocycles. The molecule has 0 bridgehead atoms. The van der Waals surface area contributed by atoms with Gasteiger partial charge in [0.15, 0.2) is 0 Å². The number of carbonyl (C=O) groups is 1. The van der Waals surface area contributed by atoms with Crippen LogP contribution in [0.4, 0.5) is 0 Å². The number of halogens is 1. The smallest absolute Gasteiger partial charge is 0.263 e. The third kappa shape index (κ3) is 4.03. The van der Waals surface area contributed by atoms with Crippen molar-refractivity contribution in [1.82, 2.24) is 10.3 Å². The molecule has 0 fully saturated rings. The van der Waals surface area contributed by atoms with Crippen LogP contribution in [0.1, 0.15) is 21.8 Å². The lowest BCUT2D eigenvalue weighted by Gasteiger charge is -2.03. The molecule has 2 aromatic rings. The van der Waals surface area contributed by atoms with Gasteiger partial charge in [-0.2, -0.15) is 0 Å². The van der Waals surface area contributed by atoms with E-state index in [0.717, 1.165) is 22.7 Å². The number of carbonyl (C=O) groups excluding carboxylic acids is 1. The molecule has 1 aromatic heterocycles. The van der Waals surface area contributed by atoms with Gasteiger partial charge in [-0.05, 0) is 19.4 Å². The van der Waals surface area contributed by atoms with Crippen LogP contribution < -0.4 is 5.32 Å². The molecular formula is C15H17ClN2O2S. The predicted octanol–water partition coefficient (Wildman–Crippen LogP) is 3.54. The third-order valence-electron chi connectivity index (χ3n) is 2.92. The SMILES string of the molecule is COCCCNC(=O)c1sc(-c2ccccc2Cl)nc1C. The molecule has 0 spiro atoms. The highest BCUT2D eigenvalue weighted by molar-refractivity contribution is 7.17. The summed E-state index contributed by atoms with van der Waals surface area (Å²) >= 11 is 7.53. The Kier molecular flexibility index (Phi) is 5.73. The van der Waals surface area contributed by atoms with E-state index in [2.05, 4.69) is 10.3 Å². The highest BCUT2D eigenvalue weighted by atomic mass is 35.5. The number of hydrogen-bond donors (Lipinski definition) is 1. The molecule has 0 aliphatic heterocycles. The predicted molar refractivity (Wildman–Crippen MR) is 86.1 cm³/mol. The minimum atomic E-state index is -0.0978. The van der Waals surface area contributed by atoms with Gasteiger partial charge < -0.3 is 10.1 Å². The molecule has 21 heavy (non-hydrogen) atoms. The summed E-state index contributed by atoms with van der Waals surface area (Å²) in [6.07, 6.45) is 0.789. The van der Waals surface area contributed by atoms with E-state index in [9.17, 15) is 4.79 Å². The Hall–Kier alpha value is -1.43. The van der Waals surface area contributed by atoms with Gasteiger partial charge in [0.2, 0.25) is 0 Å². The Balaban J connectivity index is 2.12. The standard InChI is InChI=1S/C15H17ClN2O2S/c1-10-13(14(19)17-8-5-9-20-2)21-15(18-10)11-6-3-4-7-12(11)16/h3-4,6-7H,5,8-9H2,1-2H3,(H,17,19). The van der Waals surface area contributed by atoms with E-state index in [1.807, 2.05) is 31.2 Å². The van der Waals surface area contributed by atoms with Crippen LogP contribution in [0.25, 0.3) is 10.6 Å². The number of hydrogen-bond acceptors (Lipinski definition) is 4. The lowest BCUT2D eigenvalue weighted by Crippen LogP contribution is -2.24. The topological polar surface area (TPSA) is 51.2 Å².